The van der Waals surface area contributed by atoms with Crippen molar-refractivity contribution in [2.24, 2.45) is 0 Å². The molecule has 2 aromatic carbocycles. The number of anilines is 3. The summed E-state index contributed by atoms with van der Waals surface area (Å²) in [7, 11) is 4.01. The normalized spacial score (nSPS) is 10.5. The van der Waals surface area contributed by atoms with E-state index in [4.69, 9.17) is 0 Å². The first-order valence-corrected chi connectivity index (χ1v) is 9.69. The summed E-state index contributed by atoms with van der Waals surface area (Å²) in [5.41, 5.74) is 3.50. The molecule has 1 amide bonds. The van der Waals surface area contributed by atoms with Crippen molar-refractivity contribution in [2.45, 2.75) is 20.4 Å². The molecule has 0 fully saturated rings. The van der Waals surface area contributed by atoms with Crippen LogP contribution in [-0.4, -0.2) is 41.4 Å². The fourth-order valence-corrected chi connectivity index (χ4v) is 3.03. The maximum atomic E-state index is 13.1. The van der Waals surface area contributed by atoms with Crippen LogP contribution in [0.1, 0.15) is 28.8 Å². The second kappa shape index (κ2) is 9.19. The van der Waals surface area contributed by atoms with Crippen molar-refractivity contribution in [1.82, 2.24) is 14.9 Å². The molecule has 0 saturated heterocycles. The molecule has 150 valence electrons. The zero-order chi connectivity index (χ0) is 20.8. The highest BCUT2D eigenvalue weighted by Crippen LogP contribution is 2.20. The number of hydrogen-bond donors (Lipinski definition) is 1. The van der Waals surface area contributed by atoms with E-state index in [2.05, 4.69) is 15.3 Å². The van der Waals surface area contributed by atoms with Crippen LogP contribution in [0, 0.1) is 6.92 Å². The number of nitrogens with one attached hydrogen (secondary N) is 1. The van der Waals surface area contributed by atoms with Crippen LogP contribution >= 0.6 is 0 Å². The first kappa shape index (κ1) is 20.3. The number of nitrogens with zero attached hydrogens (tertiary/aromatic N) is 4. The number of benzene rings is 2. The van der Waals surface area contributed by atoms with Crippen LogP contribution in [0.3, 0.4) is 0 Å². The highest BCUT2D eigenvalue weighted by atomic mass is 16.2. The second-order valence-electron chi connectivity index (χ2n) is 7.06. The molecule has 0 radical (unpaired) electrons. The van der Waals surface area contributed by atoms with Gasteiger partial charge >= 0.3 is 0 Å². The monoisotopic (exact) mass is 389 g/mol. The molecular weight excluding hydrogens is 362 g/mol. The molecule has 1 heterocycles. The molecule has 0 unspecified atom stereocenters. The van der Waals surface area contributed by atoms with Crippen molar-refractivity contribution in [2.75, 3.05) is 30.9 Å². The van der Waals surface area contributed by atoms with Gasteiger partial charge in [-0.2, -0.15) is 0 Å². The van der Waals surface area contributed by atoms with Gasteiger partial charge in [-0.25, -0.2) is 9.97 Å². The lowest BCUT2D eigenvalue weighted by molar-refractivity contribution is 0.0746. The number of rotatable bonds is 7. The van der Waals surface area contributed by atoms with Gasteiger partial charge in [0.05, 0.1) is 0 Å². The zero-order valence-corrected chi connectivity index (χ0v) is 17.4. The average molecular weight is 390 g/mol. The fraction of sp³-hybridized carbons (Fsp3) is 0.261. The van der Waals surface area contributed by atoms with Gasteiger partial charge in [0, 0.05) is 44.6 Å². The number of hydrogen-bond acceptors (Lipinski definition) is 5. The molecule has 0 aliphatic heterocycles. The second-order valence-corrected chi connectivity index (χ2v) is 7.06. The maximum absolute atomic E-state index is 13.1. The van der Waals surface area contributed by atoms with Crippen LogP contribution in [0.4, 0.5) is 17.2 Å². The predicted octanol–water partition coefficient (Wildman–Crippen LogP) is 4.26. The fourth-order valence-electron chi connectivity index (χ4n) is 3.03. The van der Waals surface area contributed by atoms with Crippen molar-refractivity contribution in [3.63, 3.8) is 0 Å². The van der Waals surface area contributed by atoms with E-state index < -0.39 is 0 Å². The third kappa shape index (κ3) is 5.31. The maximum Gasteiger partial charge on any atom is 0.272 e. The molecular formula is C23H27N5O. The van der Waals surface area contributed by atoms with E-state index in [-0.39, 0.29) is 5.91 Å². The van der Waals surface area contributed by atoms with E-state index in [1.807, 2.05) is 80.5 Å². The summed E-state index contributed by atoms with van der Waals surface area (Å²) >= 11 is 0. The van der Waals surface area contributed by atoms with E-state index in [1.165, 1.54) is 0 Å². The Labute approximate surface area is 172 Å². The number of amides is 1. The Morgan fingerprint density at radius 2 is 1.69 bits per heavy atom. The summed E-state index contributed by atoms with van der Waals surface area (Å²) in [4.78, 5) is 25.7. The van der Waals surface area contributed by atoms with Crippen LogP contribution in [0.15, 0.2) is 60.7 Å². The Hall–Kier alpha value is -3.41. The van der Waals surface area contributed by atoms with E-state index in [0.717, 1.165) is 16.9 Å². The lowest BCUT2D eigenvalue weighted by atomic mass is 10.2. The van der Waals surface area contributed by atoms with Gasteiger partial charge in [-0.3, -0.25) is 4.79 Å². The van der Waals surface area contributed by atoms with Gasteiger partial charge in [0.2, 0.25) is 0 Å². The standard InChI is InChI=1S/C23H27N5O/c1-5-28(16-18-9-7-6-8-10-18)23(29)21-15-22(25-17(2)24-21)26-19-11-13-20(14-12-19)27(3)4/h6-15H,5,16H2,1-4H3,(H,24,25,26). The lowest BCUT2D eigenvalue weighted by Gasteiger charge is -2.21. The summed E-state index contributed by atoms with van der Waals surface area (Å²) in [5, 5.41) is 3.27. The van der Waals surface area contributed by atoms with Gasteiger partial charge in [-0.05, 0) is 43.7 Å². The topological polar surface area (TPSA) is 61.4 Å². The molecule has 6 heteroatoms. The Bertz CT molecular complexity index is 955. The van der Waals surface area contributed by atoms with Gasteiger partial charge in [-0.15, -0.1) is 0 Å². The SMILES string of the molecule is CCN(Cc1ccccc1)C(=O)c1cc(Nc2ccc(N(C)C)cc2)nc(C)n1. The quantitative estimate of drug-likeness (QED) is 0.654. The average Bonchev–Trinajstić information content (AvgIpc) is 2.72. The van der Waals surface area contributed by atoms with Crippen LogP contribution in [0.2, 0.25) is 0 Å². The van der Waals surface area contributed by atoms with Gasteiger partial charge in [0.1, 0.15) is 17.3 Å². The number of aryl methyl sites for hydroxylation is 1. The first-order valence-electron chi connectivity index (χ1n) is 9.69. The molecule has 0 spiro atoms. The highest BCUT2D eigenvalue weighted by Gasteiger charge is 2.17. The number of carbonyl (C=O) groups excluding carboxylic acids is 1. The Kier molecular flexibility index (Phi) is 6.44. The minimum Gasteiger partial charge on any atom is -0.378 e. The molecule has 1 N–H and O–H groups in total. The molecule has 0 aliphatic rings. The van der Waals surface area contributed by atoms with E-state index in [9.17, 15) is 4.79 Å². The van der Waals surface area contributed by atoms with Crippen LogP contribution in [0.5, 0.6) is 0 Å². The van der Waals surface area contributed by atoms with E-state index in [1.54, 1.807) is 17.9 Å². The molecule has 1 aromatic heterocycles. The summed E-state index contributed by atoms with van der Waals surface area (Å²) in [6.45, 7) is 4.92. The summed E-state index contributed by atoms with van der Waals surface area (Å²) < 4.78 is 0. The molecule has 0 aliphatic carbocycles. The predicted molar refractivity (Wildman–Crippen MR) is 118 cm³/mol. The molecule has 29 heavy (non-hydrogen) atoms. The molecule has 6 nitrogen and oxygen atoms in total. The summed E-state index contributed by atoms with van der Waals surface area (Å²) in [5.74, 6) is 1.06. The van der Waals surface area contributed by atoms with Gasteiger partial charge in [0.25, 0.3) is 5.91 Å². The van der Waals surface area contributed by atoms with Crippen LogP contribution in [0.25, 0.3) is 0 Å². The van der Waals surface area contributed by atoms with Crippen molar-refractivity contribution in [3.05, 3.63) is 77.7 Å². The molecule has 3 aromatic rings. The molecule has 3 rings (SSSR count). The lowest BCUT2D eigenvalue weighted by Crippen LogP contribution is -2.31. The van der Waals surface area contributed by atoms with Gasteiger partial charge < -0.3 is 15.1 Å². The highest BCUT2D eigenvalue weighted by molar-refractivity contribution is 5.93. The third-order valence-electron chi connectivity index (χ3n) is 4.60. The molecule has 0 atom stereocenters. The minimum absolute atomic E-state index is 0.104. The summed E-state index contributed by atoms with van der Waals surface area (Å²) in [6.07, 6.45) is 0. The van der Waals surface area contributed by atoms with E-state index in [0.29, 0.717) is 30.4 Å². The van der Waals surface area contributed by atoms with Gasteiger partial charge in [-0.1, -0.05) is 30.3 Å². The van der Waals surface area contributed by atoms with Crippen LogP contribution in [-0.2, 0) is 6.54 Å². The smallest absolute Gasteiger partial charge is 0.272 e. The van der Waals surface area contributed by atoms with Gasteiger partial charge in [0.15, 0.2) is 0 Å². The van der Waals surface area contributed by atoms with Crippen molar-refractivity contribution < 1.29 is 4.79 Å². The van der Waals surface area contributed by atoms with Crippen molar-refractivity contribution in [3.8, 4) is 0 Å². The Morgan fingerprint density at radius 1 is 1.00 bits per heavy atom. The third-order valence-corrected chi connectivity index (χ3v) is 4.60. The first-order chi connectivity index (χ1) is 14.0. The minimum atomic E-state index is -0.104. The van der Waals surface area contributed by atoms with E-state index >= 15 is 0 Å². The van der Waals surface area contributed by atoms with Crippen molar-refractivity contribution in [1.29, 1.82) is 0 Å². The zero-order valence-electron chi connectivity index (χ0n) is 17.4. The largest absolute Gasteiger partial charge is 0.378 e. The van der Waals surface area contributed by atoms with Crippen molar-refractivity contribution >= 4 is 23.1 Å². The number of aromatic nitrogens is 2. The molecule has 0 saturated carbocycles. The van der Waals surface area contributed by atoms with Crippen LogP contribution < -0.4 is 10.2 Å². The summed E-state index contributed by atoms with van der Waals surface area (Å²) in [6, 6.07) is 19.7. The Balaban J connectivity index is 1.79. The molecule has 0 bridgehead atoms. The Morgan fingerprint density at radius 3 is 2.31 bits per heavy atom. The number of carbonyl (C=O) groups is 1.